The molecule has 0 spiro atoms. The number of rotatable bonds is 2. The second-order valence-corrected chi connectivity index (χ2v) is 4.59. The minimum absolute atomic E-state index is 0.658. The van der Waals surface area contributed by atoms with Crippen LogP contribution in [0.2, 0.25) is 0 Å². The van der Waals surface area contributed by atoms with Crippen LogP contribution in [0.5, 0.6) is 0 Å². The maximum Gasteiger partial charge on any atom is 0.0557 e. The van der Waals surface area contributed by atoms with Crippen molar-refractivity contribution in [2.45, 2.75) is 46.5 Å². The molecule has 2 rings (SSSR count). The molecule has 0 bridgehead atoms. The largest absolute Gasteiger partial charge is 0.380 e. The average molecular weight is 220 g/mol. The van der Waals surface area contributed by atoms with Crippen molar-refractivity contribution < 1.29 is 4.74 Å². The molecular formula is C15H24O. The summed E-state index contributed by atoms with van der Waals surface area (Å²) in [5.74, 6) is 0.658. The Labute approximate surface area is 99.8 Å². The fourth-order valence-corrected chi connectivity index (χ4v) is 1.70. The van der Waals surface area contributed by atoms with E-state index in [2.05, 4.69) is 45.9 Å². The number of ether oxygens (including phenoxy) is 1. The van der Waals surface area contributed by atoms with E-state index < -0.39 is 0 Å². The molecule has 0 N–H and O–H groups in total. The topological polar surface area (TPSA) is 9.23 Å². The van der Waals surface area contributed by atoms with Gasteiger partial charge in [-0.2, -0.15) is 0 Å². The summed E-state index contributed by atoms with van der Waals surface area (Å²) >= 11 is 0. The van der Waals surface area contributed by atoms with Crippen LogP contribution in [0.3, 0.4) is 0 Å². The van der Waals surface area contributed by atoms with E-state index in [1.807, 2.05) is 0 Å². The molecule has 1 aromatic carbocycles. The minimum atomic E-state index is 0.658. The van der Waals surface area contributed by atoms with Gasteiger partial charge in [0, 0.05) is 5.92 Å². The maximum absolute atomic E-state index is 5.17. The van der Waals surface area contributed by atoms with E-state index in [-0.39, 0.29) is 0 Å². The van der Waals surface area contributed by atoms with Crippen LogP contribution in [-0.2, 0) is 4.74 Å². The van der Waals surface area contributed by atoms with Gasteiger partial charge in [0.05, 0.1) is 13.2 Å². The van der Waals surface area contributed by atoms with E-state index in [4.69, 9.17) is 4.74 Å². The molecule has 1 heterocycles. The maximum atomic E-state index is 5.17. The number of aryl methyl sites for hydroxylation is 2. The summed E-state index contributed by atoms with van der Waals surface area (Å²) in [6, 6.07) is 6.66. The summed E-state index contributed by atoms with van der Waals surface area (Å²) in [5.41, 5.74) is 4.21. The first-order valence-electron chi connectivity index (χ1n) is 6.33. The second-order valence-electron chi connectivity index (χ2n) is 4.59. The summed E-state index contributed by atoms with van der Waals surface area (Å²) < 4.78 is 5.17. The molecule has 0 atom stereocenters. The fourth-order valence-electron chi connectivity index (χ4n) is 1.70. The first kappa shape index (κ1) is 13.2. The molecule has 1 fully saturated rings. The van der Waals surface area contributed by atoms with Gasteiger partial charge in [-0.05, 0) is 25.0 Å². The fraction of sp³-hybridized carbons (Fsp3) is 0.600. The van der Waals surface area contributed by atoms with Crippen molar-refractivity contribution in [3.8, 4) is 0 Å². The molecule has 0 saturated carbocycles. The van der Waals surface area contributed by atoms with Crippen LogP contribution in [0, 0.1) is 13.8 Å². The minimum Gasteiger partial charge on any atom is -0.380 e. The predicted octanol–water partition coefficient (Wildman–Crippen LogP) is 4.22. The molecule has 0 amide bonds. The Bertz CT molecular complexity index is 311. The average Bonchev–Trinajstić information content (AvgIpc) is 2.20. The van der Waals surface area contributed by atoms with E-state index in [9.17, 15) is 0 Å². The van der Waals surface area contributed by atoms with Crippen LogP contribution >= 0.6 is 0 Å². The smallest absolute Gasteiger partial charge is 0.0557 e. The third-order valence-corrected chi connectivity index (χ3v) is 3.00. The molecule has 0 aromatic heterocycles. The van der Waals surface area contributed by atoms with Gasteiger partial charge in [-0.1, -0.05) is 50.5 Å². The van der Waals surface area contributed by atoms with Crippen LogP contribution in [0.1, 0.15) is 49.3 Å². The highest BCUT2D eigenvalue weighted by molar-refractivity contribution is 5.33. The Morgan fingerprint density at radius 2 is 1.75 bits per heavy atom. The van der Waals surface area contributed by atoms with Gasteiger partial charge in [0.2, 0.25) is 0 Å². The lowest BCUT2D eigenvalue weighted by atomic mass is 9.92. The molecule has 16 heavy (non-hydrogen) atoms. The number of benzene rings is 1. The van der Waals surface area contributed by atoms with Gasteiger partial charge >= 0.3 is 0 Å². The summed E-state index contributed by atoms with van der Waals surface area (Å²) in [6.45, 7) is 10.5. The molecule has 0 radical (unpaired) electrons. The Kier molecular flexibility index (Phi) is 5.54. The van der Waals surface area contributed by atoms with Crippen LogP contribution < -0.4 is 0 Å². The zero-order valence-electron chi connectivity index (χ0n) is 11.0. The van der Waals surface area contributed by atoms with Crippen molar-refractivity contribution in [1.29, 1.82) is 0 Å². The molecule has 1 saturated heterocycles. The summed E-state index contributed by atoms with van der Waals surface area (Å²) in [7, 11) is 0. The molecule has 1 aliphatic heterocycles. The zero-order chi connectivity index (χ0) is 12.0. The zero-order valence-corrected chi connectivity index (χ0v) is 11.0. The van der Waals surface area contributed by atoms with Gasteiger partial charge in [0.1, 0.15) is 0 Å². The molecular weight excluding hydrogens is 196 g/mol. The molecule has 90 valence electrons. The Balaban J connectivity index is 0.000000280. The van der Waals surface area contributed by atoms with E-state index in [1.165, 1.54) is 29.5 Å². The van der Waals surface area contributed by atoms with Crippen molar-refractivity contribution in [2.75, 3.05) is 13.2 Å². The Hall–Kier alpha value is -0.820. The van der Waals surface area contributed by atoms with Crippen LogP contribution in [0.15, 0.2) is 18.2 Å². The number of hydrogen-bond acceptors (Lipinski definition) is 1. The highest BCUT2D eigenvalue weighted by atomic mass is 16.5. The van der Waals surface area contributed by atoms with Crippen molar-refractivity contribution >= 4 is 0 Å². The van der Waals surface area contributed by atoms with Gasteiger partial charge in [-0.25, -0.2) is 0 Å². The lowest BCUT2D eigenvalue weighted by Crippen LogP contribution is -2.25. The number of hydrogen-bond donors (Lipinski definition) is 0. The summed E-state index contributed by atoms with van der Waals surface area (Å²) in [6.07, 6.45) is 2.64. The quantitative estimate of drug-likeness (QED) is 0.725. The normalized spacial score (nSPS) is 15.0. The van der Waals surface area contributed by atoms with Crippen LogP contribution in [0.4, 0.5) is 0 Å². The monoisotopic (exact) mass is 220 g/mol. The van der Waals surface area contributed by atoms with E-state index in [0.29, 0.717) is 5.92 Å². The molecule has 1 heteroatoms. The van der Waals surface area contributed by atoms with Gasteiger partial charge in [0.15, 0.2) is 0 Å². The van der Waals surface area contributed by atoms with Crippen molar-refractivity contribution in [3.63, 3.8) is 0 Å². The van der Waals surface area contributed by atoms with E-state index in [0.717, 1.165) is 13.2 Å². The first-order chi connectivity index (χ1) is 7.69. The molecule has 0 aliphatic carbocycles. The molecule has 1 nitrogen and oxygen atoms in total. The second kappa shape index (κ2) is 6.70. The third-order valence-electron chi connectivity index (χ3n) is 3.00. The highest BCUT2D eigenvalue weighted by Crippen LogP contribution is 2.26. The van der Waals surface area contributed by atoms with Crippen molar-refractivity contribution in [1.82, 2.24) is 0 Å². The predicted molar refractivity (Wildman–Crippen MR) is 70.1 cm³/mol. The molecule has 0 unspecified atom stereocenters. The third kappa shape index (κ3) is 3.64. The lowest BCUT2D eigenvalue weighted by molar-refractivity contribution is 0.00817. The molecule has 1 aliphatic rings. The summed E-state index contributed by atoms with van der Waals surface area (Å²) in [5, 5.41) is 0. The van der Waals surface area contributed by atoms with Gasteiger partial charge < -0.3 is 4.74 Å². The van der Waals surface area contributed by atoms with Crippen LogP contribution in [-0.4, -0.2) is 13.2 Å². The standard InChI is InChI=1S/C11H14O.C4H10/c1-8-3-4-11(9(2)5-8)10-6-12-7-10;1-3-4-2/h3-5,10H,6-7H2,1-2H3;3-4H2,1-2H3. The lowest BCUT2D eigenvalue weighted by Gasteiger charge is -2.27. The number of unbranched alkanes of at least 4 members (excludes halogenated alkanes) is 1. The van der Waals surface area contributed by atoms with E-state index >= 15 is 0 Å². The highest BCUT2D eigenvalue weighted by Gasteiger charge is 2.21. The first-order valence-corrected chi connectivity index (χ1v) is 6.33. The van der Waals surface area contributed by atoms with Gasteiger partial charge in [-0.3, -0.25) is 0 Å². The summed E-state index contributed by atoms with van der Waals surface area (Å²) in [4.78, 5) is 0. The Morgan fingerprint density at radius 1 is 1.12 bits per heavy atom. The Morgan fingerprint density at radius 3 is 2.12 bits per heavy atom. The van der Waals surface area contributed by atoms with Crippen molar-refractivity contribution in [3.05, 3.63) is 34.9 Å². The molecule has 1 aromatic rings. The van der Waals surface area contributed by atoms with E-state index in [1.54, 1.807) is 0 Å². The van der Waals surface area contributed by atoms with Gasteiger partial charge in [0.25, 0.3) is 0 Å². The van der Waals surface area contributed by atoms with Crippen molar-refractivity contribution in [2.24, 2.45) is 0 Å². The van der Waals surface area contributed by atoms with Gasteiger partial charge in [-0.15, -0.1) is 0 Å². The van der Waals surface area contributed by atoms with Crippen LogP contribution in [0.25, 0.3) is 0 Å². The SMILES string of the molecule is CCCC.Cc1ccc(C2COC2)c(C)c1.